The summed E-state index contributed by atoms with van der Waals surface area (Å²) in [5.74, 6) is 1.98. The summed E-state index contributed by atoms with van der Waals surface area (Å²) in [6.07, 6.45) is 0. The van der Waals surface area contributed by atoms with Gasteiger partial charge in [-0.1, -0.05) is 25.9 Å². The Morgan fingerprint density at radius 1 is 1.44 bits per heavy atom. The van der Waals surface area contributed by atoms with Crippen LogP contribution in [0, 0.1) is 5.92 Å². The Hall–Kier alpha value is -1.04. The lowest BCUT2D eigenvalue weighted by Crippen LogP contribution is -2.21. The molecule has 18 heavy (non-hydrogen) atoms. The van der Waals surface area contributed by atoms with Gasteiger partial charge in [0.25, 0.3) is 0 Å². The molecule has 0 aliphatic heterocycles. The molecule has 1 aromatic rings. The number of carbonyl (C=O) groups excluding carboxylic acids is 1. The number of esters is 1. The highest BCUT2D eigenvalue weighted by molar-refractivity contribution is 7.98. The van der Waals surface area contributed by atoms with Crippen molar-refractivity contribution >= 4 is 17.7 Å². The van der Waals surface area contributed by atoms with E-state index >= 15 is 0 Å². The van der Waals surface area contributed by atoms with Crippen LogP contribution in [0.3, 0.4) is 0 Å². The molecule has 1 heterocycles. The highest BCUT2D eigenvalue weighted by Crippen LogP contribution is 2.25. The summed E-state index contributed by atoms with van der Waals surface area (Å²) in [7, 11) is 0. The van der Waals surface area contributed by atoms with Crippen LogP contribution in [0.2, 0.25) is 0 Å². The molecule has 1 unspecified atom stereocenters. The molecule has 1 aromatic heterocycles. The molecule has 0 spiro atoms. The summed E-state index contributed by atoms with van der Waals surface area (Å²) in [6, 6.07) is 0. The van der Waals surface area contributed by atoms with Gasteiger partial charge in [-0.05, 0) is 18.6 Å². The molecule has 5 nitrogen and oxygen atoms in total. The second-order valence-electron chi connectivity index (χ2n) is 4.16. The van der Waals surface area contributed by atoms with Crippen molar-refractivity contribution in [3.05, 3.63) is 11.7 Å². The first-order chi connectivity index (χ1) is 8.60. The normalized spacial score (nSPS) is 12.7. The van der Waals surface area contributed by atoms with Crippen LogP contribution in [-0.2, 0) is 15.3 Å². The summed E-state index contributed by atoms with van der Waals surface area (Å²) in [5.41, 5.74) is 0. The highest BCUT2D eigenvalue weighted by Gasteiger charge is 2.31. The number of nitrogens with zero attached hydrogens (tertiary/aromatic N) is 2. The largest absolute Gasteiger partial charge is 0.465 e. The fraction of sp³-hybridized carbons (Fsp3) is 0.750. The number of carbonyl (C=O) groups is 1. The Kier molecular flexibility index (Phi) is 6.18. The molecule has 0 bridgehead atoms. The average Bonchev–Trinajstić information content (AvgIpc) is 2.75. The molecular formula is C12H20N2O3S. The molecule has 0 radical (unpaired) electrons. The number of ether oxygens (including phenoxy) is 1. The lowest BCUT2D eigenvalue weighted by Gasteiger charge is -2.14. The number of hydrogen-bond donors (Lipinski definition) is 0. The average molecular weight is 272 g/mol. The maximum absolute atomic E-state index is 11.9. The maximum atomic E-state index is 11.9. The molecule has 0 aliphatic rings. The summed E-state index contributed by atoms with van der Waals surface area (Å²) < 4.78 is 10.2. The lowest BCUT2D eigenvalue weighted by molar-refractivity contribution is -0.146. The molecule has 0 saturated carbocycles. The van der Waals surface area contributed by atoms with Gasteiger partial charge >= 0.3 is 5.97 Å². The van der Waals surface area contributed by atoms with E-state index in [1.54, 1.807) is 18.7 Å². The molecule has 102 valence electrons. The van der Waals surface area contributed by atoms with Crippen LogP contribution in [0.5, 0.6) is 0 Å². The van der Waals surface area contributed by atoms with Gasteiger partial charge in [-0.15, -0.1) is 0 Å². The lowest BCUT2D eigenvalue weighted by atomic mass is 9.96. The number of thioether (sulfide) groups is 1. The summed E-state index contributed by atoms with van der Waals surface area (Å²) in [4.78, 5) is 16.1. The zero-order chi connectivity index (χ0) is 13.5. The van der Waals surface area contributed by atoms with Gasteiger partial charge in [-0.25, -0.2) is 0 Å². The van der Waals surface area contributed by atoms with Crippen LogP contribution in [-0.4, -0.2) is 28.5 Å². The van der Waals surface area contributed by atoms with Gasteiger partial charge in [0, 0.05) is 0 Å². The molecular weight excluding hydrogens is 252 g/mol. The van der Waals surface area contributed by atoms with Crippen LogP contribution in [0.1, 0.15) is 45.3 Å². The number of aromatic nitrogens is 2. The minimum Gasteiger partial charge on any atom is -0.465 e. The van der Waals surface area contributed by atoms with E-state index in [1.807, 2.05) is 13.8 Å². The monoisotopic (exact) mass is 272 g/mol. The minimum absolute atomic E-state index is 0.0659. The van der Waals surface area contributed by atoms with E-state index in [0.29, 0.717) is 24.1 Å². The minimum atomic E-state index is -0.474. The number of hydrogen-bond acceptors (Lipinski definition) is 6. The first-order valence-electron chi connectivity index (χ1n) is 6.16. The second kappa shape index (κ2) is 7.41. The molecule has 1 atom stereocenters. The molecule has 0 N–H and O–H groups in total. The first-order valence-corrected chi connectivity index (χ1v) is 7.32. The maximum Gasteiger partial charge on any atom is 0.318 e. The van der Waals surface area contributed by atoms with Crippen molar-refractivity contribution in [2.75, 3.05) is 12.4 Å². The molecule has 6 heteroatoms. The third kappa shape index (κ3) is 4.01. The van der Waals surface area contributed by atoms with Crippen molar-refractivity contribution in [3.8, 4) is 0 Å². The van der Waals surface area contributed by atoms with Crippen molar-refractivity contribution in [1.82, 2.24) is 10.1 Å². The predicted octanol–water partition coefficient (Wildman–Crippen LogP) is 2.63. The number of rotatable bonds is 7. The molecule has 0 fully saturated rings. The molecule has 0 saturated heterocycles. The van der Waals surface area contributed by atoms with E-state index in [1.165, 1.54) is 0 Å². The van der Waals surface area contributed by atoms with E-state index in [-0.39, 0.29) is 11.9 Å². The third-order valence-corrected chi connectivity index (χ3v) is 3.26. The van der Waals surface area contributed by atoms with Gasteiger partial charge < -0.3 is 9.26 Å². The standard InChI is InChI=1S/C12H20N2O3S/c1-5-16-12(15)10(8(3)4)11-13-9(14-17-11)7-18-6-2/h8,10H,5-7H2,1-4H3. The molecule has 0 aliphatic carbocycles. The van der Waals surface area contributed by atoms with Gasteiger partial charge in [0.1, 0.15) is 5.92 Å². The Labute approximate surface area is 112 Å². The Balaban J connectivity index is 2.79. The zero-order valence-corrected chi connectivity index (χ0v) is 12.1. The summed E-state index contributed by atoms with van der Waals surface area (Å²) in [5, 5.41) is 3.88. The van der Waals surface area contributed by atoms with Gasteiger partial charge in [-0.2, -0.15) is 16.7 Å². The smallest absolute Gasteiger partial charge is 0.318 e. The molecule has 0 amide bonds. The van der Waals surface area contributed by atoms with Crippen molar-refractivity contribution in [1.29, 1.82) is 0 Å². The van der Waals surface area contributed by atoms with E-state index in [2.05, 4.69) is 17.1 Å². The van der Waals surface area contributed by atoms with Crippen LogP contribution in [0.15, 0.2) is 4.52 Å². The van der Waals surface area contributed by atoms with Crippen molar-refractivity contribution in [3.63, 3.8) is 0 Å². The van der Waals surface area contributed by atoms with Gasteiger partial charge in [0.15, 0.2) is 5.82 Å². The van der Waals surface area contributed by atoms with Crippen LogP contribution in [0.25, 0.3) is 0 Å². The van der Waals surface area contributed by atoms with Crippen molar-refractivity contribution in [2.24, 2.45) is 5.92 Å². The Morgan fingerprint density at radius 3 is 2.72 bits per heavy atom. The Morgan fingerprint density at radius 2 is 2.17 bits per heavy atom. The highest BCUT2D eigenvalue weighted by atomic mass is 32.2. The summed E-state index contributed by atoms with van der Waals surface area (Å²) >= 11 is 1.71. The topological polar surface area (TPSA) is 65.2 Å². The zero-order valence-electron chi connectivity index (χ0n) is 11.3. The van der Waals surface area contributed by atoms with Crippen LogP contribution in [0.4, 0.5) is 0 Å². The van der Waals surface area contributed by atoms with Gasteiger partial charge in [0.2, 0.25) is 5.89 Å². The third-order valence-electron chi connectivity index (χ3n) is 2.39. The fourth-order valence-electron chi connectivity index (χ4n) is 1.54. The fourth-order valence-corrected chi connectivity index (χ4v) is 2.04. The van der Waals surface area contributed by atoms with E-state index in [0.717, 1.165) is 5.75 Å². The van der Waals surface area contributed by atoms with E-state index in [4.69, 9.17) is 9.26 Å². The quantitative estimate of drug-likeness (QED) is 0.711. The first kappa shape index (κ1) is 15.0. The van der Waals surface area contributed by atoms with Gasteiger partial charge in [-0.3, -0.25) is 4.79 Å². The predicted molar refractivity (Wildman–Crippen MR) is 70.3 cm³/mol. The van der Waals surface area contributed by atoms with E-state index in [9.17, 15) is 4.79 Å². The second-order valence-corrected chi connectivity index (χ2v) is 5.43. The van der Waals surface area contributed by atoms with Crippen LogP contribution < -0.4 is 0 Å². The summed E-state index contributed by atoms with van der Waals surface area (Å²) in [6.45, 7) is 8.08. The molecule has 1 rings (SSSR count). The van der Waals surface area contributed by atoms with Crippen molar-refractivity contribution in [2.45, 2.75) is 39.4 Å². The van der Waals surface area contributed by atoms with Crippen molar-refractivity contribution < 1.29 is 14.1 Å². The Bertz CT molecular complexity index is 379. The molecule has 0 aromatic carbocycles. The van der Waals surface area contributed by atoms with Gasteiger partial charge in [0.05, 0.1) is 12.4 Å². The van der Waals surface area contributed by atoms with E-state index < -0.39 is 5.92 Å². The van der Waals surface area contributed by atoms with Crippen LogP contribution >= 0.6 is 11.8 Å². The SMILES string of the molecule is CCOC(=O)C(c1nc(CSCC)no1)C(C)C.